The molecule has 0 amide bonds. The Morgan fingerprint density at radius 2 is 0.100 bits per heavy atom. The van der Waals surface area contributed by atoms with E-state index in [4.69, 9.17) is 0 Å². The fourth-order valence-electron chi connectivity index (χ4n) is 0. The second-order valence-corrected chi connectivity index (χ2v) is 0. The maximum absolute atomic E-state index is 0. The van der Waals surface area contributed by atoms with E-state index in [0.29, 0.717) is 0 Å². The van der Waals surface area contributed by atoms with Crippen molar-refractivity contribution in [1.29, 1.82) is 0 Å². The van der Waals surface area contributed by atoms with Gasteiger partial charge in [0.15, 0.2) is 0 Å². The zero-order chi connectivity index (χ0) is 0. The molecule has 0 heterocycles. The minimum absolute atomic E-state index is 0. The largest absolute Gasteiger partial charge is 0.412 e. The molecule has 0 saturated heterocycles. The predicted octanol–water partition coefficient (Wildman–Crippen LogP) is -4.65. The van der Waals surface area contributed by atoms with Crippen LogP contribution in [0.5, 0.6) is 0 Å². The molecule has 0 aromatic carbocycles. The molecule has 0 aromatic heterocycles. The average Bonchev–Trinajstić information content (AvgIpc) is 0. The molecule has 52 N–H and O–H groups in total. The van der Waals surface area contributed by atoms with E-state index in [1.165, 1.54) is 0 Å². The second-order valence-electron chi connectivity index (χ2n) is 0. The van der Waals surface area contributed by atoms with Crippen LogP contribution in [0, 0.1) is 0 Å². The fraction of sp³-hybridized carbons (Fsp3) is 0. The fourth-order valence-corrected chi connectivity index (χ4v) is 0. The topological polar surface area (TPSA) is 672 Å². The third-order valence-electron chi connectivity index (χ3n) is 0. The minimum Gasteiger partial charge on any atom is -0.412 e. The number of hydrogen-bond acceptors (Lipinski definition) is 12. The SMILES string of the molecule is N.N.N.N.N.N.N.N.N.N.N.N.O.O.O.O.O.O.O.O. The van der Waals surface area contributed by atoms with Crippen molar-refractivity contribution in [3.8, 4) is 0 Å². The standard InChI is InChI=1S/12H3N.8H2O/h12*1H3;8*1H2. The van der Waals surface area contributed by atoms with Gasteiger partial charge in [0.1, 0.15) is 0 Å². The summed E-state index contributed by atoms with van der Waals surface area (Å²) in [4.78, 5) is 0. The van der Waals surface area contributed by atoms with E-state index in [0.717, 1.165) is 0 Å². The van der Waals surface area contributed by atoms with Crippen LogP contribution in [-0.4, -0.2) is 43.8 Å². The van der Waals surface area contributed by atoms with Crippen molar-refractivity contribution in [2.75, 3.05) is 0 Å². The number of rotatable bonds is 0. The van der Waals surface area contributed by atoms with Crippen molar-refractivity contribution >= 4 is 0 Å². The molecule has 20 heteroatoms. The maximum atomic E-state index is 0. The van der Waals surface area contributed by atoms with Crippen molar-refractivity contribution in [2.45, 2.75) is 0 Å². The molecule has 0 bridgehead atoms. The summed E-state index contributed by atoms with van der Waals surface area (Å²) in [5, 5.41) is 0. The van der Waals surface area contributed by atoms with Crippen LogP contribution in [0.4, 0.5) is 0 Å². The first-order valence-corrected chi connectivity index (χ1v) is 0. The molecular formula is H52N12O8. The molecule has 20 nitrogen and oxygen atoms in total. The van der Waals surface area contributed by atoms with Gasteiger partial charge in [-0.25, -0.2) is 0 Å². The van der Waals surface area contributed by atoms with Gasteiger partial charge in [0.05, 0.1) is 0 Å². The Bertz CT molecular complexity index is 19.4. The third kappa shape index (κ3) is 7050. The molecule has 0 spiro atoms. The maximum Gasteiger partial charge on any atom is -0.344 e. The third-order valence-corrected chi connectivity index (χ3v) is 0. The Morgan fingerprint density at radius 3 is 0.100 bits per heavy atom. The summed E-state index contributed by atoms with van der Waals surface area (Å²) in [5.74, 6) is 0. The molecule has 0 unspecified atom stereocenters. The van der Waals surface area contributed by atoms with Gasteiger partial charge in [0, 0.05) is 0 Å². The first-order chi connectivity index (χ1) is 0. The molecule has 0 aliphatic rings. The Hall–Kier alpha value is -0.800. The summed E-state index contributed by atoms with van der Waals surface area (Å²) in [5.41, 5.74) is 0. The number of hydrogen-bond donors (Lipinski definition) is 12. The van der Waals surface area contributed by atoms with Crippen LogP contribution in [0.25, 0.3) is 0 Å². The molecule has 0 aromatic rings. The van der Waals surface area contributed by atoms with Crippen LogP contribution >= 0.6 is 0 Å². The van der Waals surface area contributed by atoms with Crippen LogP contribution in [0.1, 0.15) is 0 Å². The Morgan fingerprint density at radius 1 is 0.100 bits per heavy atom. The Kier molecular flexibility index (Phi) is 4180000. The first kappa shape index (κ1) is 9940. The van der Waals surface area contributed by atoms with E-state index in [9.17, 15) is 0 Å². The van der Waals surface area contributed by atoms with Crippen molar-refractivity contribution < 1.29 is 43.8 Å². The van der Waals surface area contributed by atoms with E-state index in [1.54, 1.807) is 0 Å². The highest BCUT2D eigenvalue weighted by Crippen LogP contribution is -0.282. The molecule has 0 aliphatic carbocycles. The minimum atomic E-state index is 0. The normalized spacial score (nSPS) is 0. The van der Waals surface area contributed by atoms with Crippen molar-refractivity contribution in [2.24, 2.45) is 0 Å². The highest BCUT2D eigenvalue weighted by Gasteiger charge is -0.332. The van der Waals surface area contributed by atoms with Gasteiger partial charge >= 0.3 is 0 Å². The van der Waals surface area contributed by atoms with Gasteiger partial charge in [-0.2, -0.15) is 0 Å². The van der Waals surface area contributed by atoms with E-state index in [-0.39, 0.29) is 118 Å². The molecule has 160 valence electrons. The summed E-state index contributed by atoms with van der Waals surface area (Å²) >= 11 is 0. The van der Waals surface area contributed by atoms with Crippen LogP contribution in [0.2, 0.25) is 0 Å². The van der Waals surface area contributed by atoms with E-state index < -0.39 is 0 Å². The summed E-state index contributed by atoms with van der Waals surface area (Å²) in [6.45, 7) is 0. The summed E-state index contributed by atoms with van der Waals surface area (Å²) in [7, 11) is 0. The van der Waals surface area contributed by atoms with Crippen molar-refractivity contribution in [1.82, 2.24) is 73.8 Å². The molecule has 20 heavy (non-hydrogen) atoms. The van der Waals surface area contributed by atoms with Gasteiger partial charge in [-0.15, -0.1) is 0 Å². The Balaban J connectivity index is 0. The van der Waals surface area contributed by atoms with Gasteiger partial charge in [0.2, 0.25) is 0 Å². The molecule has 0 rings (SSSR count). The van der Waals surface area contributed by atoms with Gasteiger partial charge in [-0.3, -0.25) is 0 Å². The van der Waals surface area contributed by atoms with E-state index in [1.807, 2.05) is 0 Å². The van der Waals surface area contributed by atoms with Gasteiger partial charge in [-0.1, -0.05) is 0 Å². The lowest BCUT2D eigenvalue weighted by atomic mass is 14.0. The quantitative estimate of drug-likeness (QED) is 0.196. The van der Waals surface area contributed by atoms with Crippen molar-refractivity contribution in [3.63, 3.8) is 0 Å². The lowest BCUT2D eigenvalue weighted by Crippen LogP contribution is -0.482. The zero-order valence-corrected chi connectivity index (χ0v) is 12.5. The van der Waals surface area contributed by atoms with Gasteiger partial charge in [-0.05, 0) is 0 Å². The molecule has 0 atom stereocenters. The van der Waals surface area contributed by atoms with Crippen molar-refractivity contribution in [3.05, 3.63) is 0 Å². The molecule has 0 saturated carbocycles. The van der Waals surface area contributed by atoms with Crippen LogP contribution in [0.15, 0.2) is 0 Å². The van der Waals surface area contributed by atoms with E-state index in [2.05, 4.69) is 0 Å². The zero-order valence-electron chi connectivity index (χ0n) is 12.5. The van der Waals surface area contributed by atoms with Crippen LogP contribution < -0.4 is 73.8 Å². The molecular weight excluding hydrogens is 296 g/mol. The average molecular weight is 348 g/mol. The first-order valence-electron chi connectivity index (χ1n) is 0. The highest BCUT2D eigenvalue weighted by molar-refractivity contribution is 2.15. The van der Waals surface area contributed by atoms with E-state index >= 15 is 0 Å². The summed E-state index contributed by atoms with van der Waals surface area (Å²) in [6.07, 6.45) is 0. The molecule has 0 radical (unpaired) electrons. The van der Waals surface area contributed by atoms with Gasteiger partial charge < -0.3 is 118 Å². The highest BCUT2D eigenvalue weighted by atomic mass is 16.0. The van der Waals surface area contributed by atoms with Crippen LogP contribution in [0.3, 0.4) is 0 Å². The summed E-state index contributed by atoms with van der Waals surface area (Å²) in [6, 6.07) is 0. The van der Waals surface area contributed by atoms with Crippen LogP contribution in [-0.2, 0) is 0 Å². The monoisotopic (exact) mass is 348 g/mol. The van der Waals surface area contributed by atoms with Gasteiger partial charge in [0.25, 0.3) is 0 Å². The predicted molar refractivity (Wildman–Crippen MR) is 89.2 cm³/mol. The molecule has 0 fully saturated rings. The Labute approximate surface area is 119 Å². The lowest BCUT2D eigenvalue weighted by molar-refractivity contribution is 0.823. The smallest absolute Gasteiger partial charge is 0.344 e. The summed E-state index contributed by atoms with van der Waals surface area (Å²) < 4.78 is 0. The lowest BCUT2D eigenvalue weighted by Gasteiger charge is -0.413. The second kappa shape index (κ2) is 8410. The molecule has 0 aliphatic heterocycles.